The summed E-state index contributed by atoms with van der Waals surface area (Å²) >= 11 is 0. The van der Waals surface area contributed by atoms with Crippen molar-refractivity contribution in [1.82, 2.24) is 10.6 Å². The van der Waals surface area contributed by atoms with Gasteiger partial charge >= 0.3 is 0 Å². The quantitative estimate of drug-likeness (QED) is 0.655. The van der Waals surface area contributed by atoms with Crippen molar-refractivity contribution in [3.8, 4) is 16.9 Å². The molecule has 1 aliphatic heterocycles. The standard InChI is InChI=1S/C25H26N2O3/c1-16(2)27-25(29)15-30-23-12-11-20(21-5-3-4-6-22(21)23)18-9-7-17(8-10-18)19-13-24(28)26-14-19/h3-12,16,19H,13-15H2,1-2H3,(H,26,28)(H,27,29). The van der Waals surface area contributed by atoms with Crippen LogP contribution in [0, 0.1) is 0 Å². The number of benzene rings is 3. The van der Waals surface area contributed by atoms with Gasteiger partial charge in [0.2, 0.25) is 5.91 Å². The number of carbonyl (C=O) groups is 2. The van der Waals surface area contributed by atoms with Crippen LogP contribution in [0.25, 0.3) is 21.9 Å². The van der Waals surface area contributed by atoms with E-state index in [4.69, 9.17) is 4.74 Å². The van der Waals surface area contributed by atoms with Crippen LogP contribution in [-0.4, -0.2) is 31.0 Å². The highest BCUT2D eigenvalue weighted by molar-refractivity contribution is 6.00. The molecule has 2 amide bonds. The number of hydrogen-bond donors (Lipinski definition) is 2. The van der Waals surface area contributed by atoms with Crippen LogP contribution in [0.4, 0.5) is 0 Å². The molecule has 0 radical (unpaired) electrons. The molecule has 1 saturated heterocycles. The Bertz CT molecular complexity index is 1070. The van der Waals surface area contributed by atoms with Crippen LogP contribution in [0.5, 0.6) is 5.75 Å². The van der Waals surface area contributed by atoms with Crippen molar-refractivity contribution in [1.29, 1.82) is 0 Å². The summed E-state index contributed by atoms with van der Waals surface area (Å²) in [4.78, 5) is 23.4. The van der Waals surface area contributed by atoms with Crippen LogP contribution in [0.15, 0.2) is 60.7 Å². The molecule has 5 heteroatoms. The van der Waals surface area contributed by atoms with E-state index in [-0.39, 0.29) is 30.4 Å². The van der Waals surface area contributed by atoms with Crippen LogP contribution >= 0.6 is 0 Å². The summed E-state index contributed by atoms with van der Waals surface area (Å²) in [5.74, 6) is 0.929. The average molecular weight is 402 g/mol. The first-order valence-corrected chi connectivity index (χ1v) is 10.3. The summed E-state index contributed by atoms with van der Waals surface area (Å²) < 4.78 is 5.82. The fraction of sp³-hybridized carbons (Fsp3) is 0.280. The molecule has 1 heterocycles. The molecule has 0 aromatic heterocycles. The molecular formula is C25H26N2O3. The number of fused-ring (bicyclic) bond motifs is 1. The molecule has 0 aliphatic carbocycles. The van der Waals surface area contributed by atoms with Crippen molar-refractivity contribution in [3.05, 3.63) is 66.2 Å². The molecule has 30 heavy (non-hydrogen) atoms. The van der Waals surface area contributed by atoms with Crippen LogP contribution in [0.3, 0.4) is 0 Å². The number of amides is 2. The first-order chi connectivity index (χ1) is 14.5. The Balaban J connectivity index is 1.59. The predicted octanol–water partition coefficient (Wildman–Crippen LogP) is 4.01. The van der Waals surface area contributed by atoms with Gasteiger partial charge in [-0.15, -0.1) is 0 Å². The Hall–Kier alpha value is -3.34. The van der Waals surface area contributed by atoms with Gasteiger partial charge in [0.1, 0.15) is 5.75 Å². The Morgan fingerprint density at radius 1 is 1.07 bits per heavy atom. The fourth-order valence-corrected chi connectivity index (χ4v) is 3.93. The number of carbonyl (C=O) groups excluding carboxylic acids is 2. The number of rotatable bonds is 6. The van der Waals surface area contributed by atoms with Gasteiger partial charge in [0, 0.05) is 30.3 Å². The molecule has 1 unspecified atom stereocenters. The van der Waals surface area contributed by atoms with E-state index < -0.39 is 0 Å². The van der Waals surface area contributed by atoms with Gasteiger partial charge in [-0.3, -0.25) is 9.59 Å². The average Bonchev–Trinajstić information content (AvgIpc) is 3.18. The Labute approximate surface area is 176 Å². The monoisotopic (exact) mass is 402 g/mol. The molecule has 3 aromatic rings. The van der Waals surface area contributed by atoms with E-state index in [1.54, 1.807) is 0 Å². The molecule has 1 fully saturated rings. The lowest BCUT2D eigenvalue weighted by molar-refractivity contribution is -0.123. The maximum Gasteiger partial charge on any atom is 0.258 e. The van der Waals surface area contributed by atoms with Gasteiger partial charge in [0.05, 0.1) is 0 Å². The second-order valence-corrected chi connectivity index (χ2v) is 7.99. The van der Waals surface area contributed by atoms with Crippen molar-refractivity contribution in [3.63, 3.8) is 0 Å². The summed E-state index contributed by atoms with van der Waals surface area (Å²) in [6.07, 6.45) is 0.554. The maximum atomic E-state index is 12.0. The van der Waals surface area contributed by atoms with Crippen molar-refractivity contribution in [2.45, 2.75) is 32.2 Å². The molecule has 2 N–H and O–H groups in total. The van der Waals surface area contributed by atoms with E-state index in [0.29, 0.717) is 18.7 Å². The SMILES string of the molecule is CC(C)NC(=O)COc1ccc(-c2ccc(C3CNC(=O)C3)cc2)c2ccccc12. The number of ether oxygens (including phenoxy) is 1. The minimum Gasteiger partial charge on any atom is -0.483 e. The van der Waals surface area contributed by atoms with Gasteiger partial charge in [0.25, 0.3) is 5.91 Å². The molecule has 0 bridgehead atoms. The molecule has 4 rings (SSSR count). The van der Waals surface area contributed by atoms with Gasteiger partial charge in [-0.2, -0.15) is 0 Å². The van der Waals surface area contributed by atoms with Crippen LogP contribution in [0.2, 0.25) is 0 Å². The second-order valence-electron chi connectivity index (χ2n) is 7.99. The minimum absolute atomic E-state index is 0.00956. The zero-order chi connectivity index (χ0) is 21.1. The van der Waals surface area contributed by atoms with E-state index in [2.05, 4.69) is 41.0 Å². The molecule has 3 aromatic carbocycles. The predicted molar refractivity (Wildman–Crippen MR) is 119 cm³/mol. The van der Waals surface area contributed by atoms with E-state index >= 15 is 0 Å². The first-order valence-electron chi connectivity index (χ1n) is 10.3. The van der Waals surface area contributed by atoms with Crippen molar-refractivity contribution >= 4 is 22.6 Å². The van der Waals surface area contributed by atoms with Crippen molar-refractivity contribution in [2.24, 2.45) is 0 Å². The van der Waals surface area contributed by atoms with Crippen LogP contribution < -0.4 is 15.4 Å². The third kappa shape index (κ3) is 4.30. The summed E-state index contributed by atoms with van der Waals surface area (Å²) in [5.41, 5.74) is 3.39. The first kappa shape index (κ1) is 20.0. The lowest BCUT2D eigenvalue weighted by Crippen LogP contribution is -2.34. The molecular weight excluding hydrogens is 376 g/mol. The molecule has 154 valence electrons. The summed E-state index contributed by atoms with van der Waals surface area (Å²) in [5, 5.41) is 7.78. The summed E-state index contributed by atoms with van der Waals surface area (Å²) in [6.45, 7) is 4.55. The van der Waals surface area contributed by atoms with Gasteiger partial charge in [-0.1, -0.05) is 54.6 Å². The van der Waals surface area contributed by atoms with E-state index in [1.807, 2.05) is 44.2 Å². The zero-order valence-electron chi connectivity index (χ0n) is 17.3. The normalized spacial score (nSPS) is 16.0. The van der Waals surface area contributed by atoms with Crippen molar-refractivity contribution in [2.75, 3.05) is 13.2 Å². The third-order valence-corrected chi connectivity index (χ3v) is 5.36. The summed E-state index contributed by atoms with van der Waals surface area (Å²) in [6, 6.07) is 20.5. The largest absolute Gasteiger partial charge is 0.483 e. The van der Waals surface area contributed by atoms with Gasteiger partial charge in [0.15, 0.2) is 6.61 Å². The van der Waals surface area contributed by atoms with Gasteiger partial charge in [-0.25, -0.2) is 0 Å². The highest BCUT2D eigenvalue weighted by atomic mass is 16.5. The van der Waals surface area contributed by atoms with E-state index in [0.717, 1.165) is 21.9 Å². The summed E-state index contributed by atoms with van der Waals surface area (Å²) in [7, 11) is 0. The number of hydrogen-bond acceptors (Lipinski definition) is 3. The highest BCUT2D eigenvalue weighted by Crippen LogP contribution is 2.35. The molecule has 1 atom stereocenters. The second kappa shape index (κ2) is 8.57. The minimum atomic E-state index is -0.131. The van der Waals surface area contributed by atoms with Crippen LogP contribution in [0.1, 0.15) is 31.7 Å². The molecule has 0 saturated carbocycles. The maximum absolute atomic E-state index is 12.0. The lowest BCUT2D eigenvalue weighted by atomic mass is 9.93. The topological polar surface area (TPSA) is 67.4 Å². The van der Waals surface area contributed by atoms with Crippen molar-refractivity contribution < 1.29 is 14.3 Å². The van der Waals surface area contributed by atoms with E-state index in [9.17, 15) is 9.59 Å². The van der Waals surface area contributed by atoms with Gasteiger partial charge < -0.3 is 15.4 Å². The van der Waals surface area contributed by atoms with Crippen LogP contribution in [-0.2, 0) is 9.59 Å². The molecule has 5 nitrogen and oxygen atoms in total. The molecule has 0 spiro atoms. The fourth-order valence-electron chi connectivity index (χ4n) is 3.93. The Morgan fingerprint density at radius 2 is 1.80 bits per heavy atom. The smallest absolute Gasteiger partial charge is 0.258 e. The highest BCUT2D eigenvalue weighted by Gasteiger charge is 2.22. The van der Waals surface area contributed by atoms with Gasteiger partial charge in [-0.05, 0) is 42.0 Å². The lowest BCUT2D eigenvalue weighted by Gasteiger charge is -2.14. The Kier molecular flexibility index (Phi) is 5.70. The number of nitrogens with one attached hydrogen (secondary N) is 2. The third-order valence-electron chi connectivity index (χ3n) is 5.36. The van der Waals surface area contributed by atoms with E-state index in [1.165, 1.54) is 5.56 Å². The zero-order valence-corrected chi connectivity index (χ0v) is 17.3. The molecule has 1 aliphatic rings. The Morgan fingerprint density at radius 3 is 2.47 bits per heavy atom.